The Morgan fingerprint density at radius 1 is 1.32 bits per heavy atom. The first-order valence-corrected chi connectivity index (χ1v) is 7.73. The number of allylic oxidation sites excluding steroid dienone is 2. The fraction of sp³-hybridized carbons (Fsp3) is 0.471. The van der Waals surface area contributed by atoms with E-state index in [4.69, 9.17) is 21.1 Å². The highest BCUT2D eigenvalue weighted by Crippen LogP contribution is 2.50. The van der Waals surface area contributed by atoms with Crippen LogP contribution in [-0.2, 0) is 9.53 Å². The molecule has 0 amide bonds. The quantitative estimate of drug-likeness (QED) is 0.839. The summed E-state index contributed by atoms with van der Waals surface area (Å²) in [5.41, 5.74) is 0.950. The van der Waals surface area contributed by atoms with Crippen LogP contribution in [0.15, 0.2) is 17.9 Å². The van der Waals surface area contributed by atoms with Gasteiger partial charge in [0.05, 0.1) is 12.1 Å². The van der Waals surface area contributed by atoms with Crippen LogP contribution in [0.3, 0.4) is 0 Å². The third-order valence-corrected chi connectivity index (χ3v) is 4.90. The largest absolute Gasteiger partial charge is 0.875 e. The van der Waals surface area contributed by atoms with E-state index in [2.05, 4.69) is 0 Å². The molecule has 1 aromatic rings. The van der Waals surface area contributed by atoms with E-state index in [-0.39, 0.29) is 23.5 Å². The molecule has 3 rings (SSSR count). The third-order valence-electron chi connectivity index (χ3n) is 4.60. The normalized spacial score (nSPS) is 20.8. The Labute approximate surface area is 134 Å². The Balaban J connectivity index is 2.17. The topological polar surface area (TPSA) is 58.6 Å². The van der Waals surface area contributed by atoms with E-state index in [0.29, 0.717) is 42.4 Å². The van der Waals surface area contributed by atoms with Crippen molar-refractivity contribution in [1.82, 2.24) is 0 Å². The van der Waals surface area contributed by atoms with Gasteiger partial charge in [-0.05, 0) is 42.9 Å². The number of hydrogen-bond acceptors (Lipinski definition) is 4. The lowest BCUT2D eigenvalue weighted by molar-refractivity contribution is -0.327. The minimum absolute atomic E-state index is 0.107. The average Bonchev–Trinajstić information content (AvgIpc) is 2.71. The highest BCUT2D eigenvalue weighted by molar-refractivity contribution is 6.36. The van der Waals surface area contributed by atoms with Crippen molar-refractivity contribution in [2.24, 2.45) is 5.41 Å². The van der Waals surface area contributed by atoms with E-state index >= 15 is 0 Å². The van der Waals surface area contributed by atoms with Crippen molar-refractivity contribution in [3.8, 4) is 5.75 Å². The number of methoxy groups -OCH3 is 1. The van der Waals surface area contributed by atoms with Crippen molar-refractivity contribution in [3.05, 3.63) is 34.0 Å². The summed E-state index contributed by atoms with van der Waals surface area (Å²) in [6.07, 6.45) is 1.43. The summed E-state index contributed by atoms with van der Waals surface area (Å²) in [4.78, 5) is 12.6. The number of aryl methyl sites for hydroxylation is 1. The molecule has 1 spiro atoms. The number of rotatable bonds is 2. The summed E-state index contributed by atoms with van der Waals surface area (Å²) >= 11 is 6.32. The van der Waals surface area contributed by atoms with Crippen LogP contribution in [0.5, 0.6) is 5.75 Å². The fourth-order valence-electron chi connectivity index (χ4n) is 3.40. The van der Waals surface area contributed by atoms with Crippen LogP contribution in [0.4, 0.5) is 0 Å². The highest BCUT2D eigenvalue weighted by Gasteiger charge is 2.43. The van der Waals surface area contributed by atoms with Crippen LogP contribution in [0.25, 0.3) is 5.57 Å². The molecule has 0 aromatic heterocycles. The summed E-state index contributed by atoms with van der Waals surface area (Å²) in [5, 5.41) is 13.4. The van der Waals surface area contributed by atoms with E-state index in [1.807, 2.05) is 6.92 Å². The van der Waals surface area contributed by atoms with Crippen molar-refractivity contribution >= 4 is 23.0 Å². The number of benzene rings is 1. The van der Waals surface area contributed by atoms with Crippen molar-refractivity contribution in [2.45, 2.75) is 26.2 Å². The second-order valence-electron chi connectivity index (χ2n) is 6.02. The zero-order valence-electron chi connectivity index (χ0n) is 12.7. The Hall–Kier alpha value is -1.52. The van der Waals surface area contributed by atoms with E-state index < -0.39 is 5.41 Å². The van der Waals surface area contributed by atoms with Gasteiger partial charge in [0.2, 0.25) is 0 Å². The summed E-state index contributed by atoms with van der Waals surface area (Å²) in [6, 6.07) is 3.55. The first kappa shape index (κ1) is 15.4. The molecule has 0 N–H and O–H groups in total. The highest BCUT2D eigenvalue weighted by atomic mass is 35.5. The second kappa shape index (κ2) is 5.60. The van der Waals surface area contributed by atoms with Gasteiger partial charge in [0.15, 0.2) is 5.78 Å². The van der Waals surface area contributed by atoms with E-state index in [1.165, 1.54) is 7.11 Å². The molecule has 0 bridgehead atoms. The molecular weight excluding hydrogens is 304 g/mol. The van der Waals surface area contributed by atoms with Crippen LogP contribution >= 0.6 is 11.6 Å². The standard InChI is InChI=1S/C17H19ClO4/c1-10-7-11(18)14(13(8-10)21-2)15-12(19)9-17(16(15)20)3-5-22-6-4-17/h7-8,20H,3-6,9H2,1-2H3/p-1. The van der Waals surface area contributed by atoms with Crippen LogP contribution in [0.2, 0.25) is 5.02 Å². The SMILES string of the molecule is COc1cc(C)cc(Cl)c1C1=C([O-])C2(CCOCC2)CC1=O. The molecule has 1 saturated heterocycles. The van der Waals surface area contributed by atoms with Crippen LogP contribution < -0.4 is 9.84 Å². The smallest absolute Gasteiger partial charge is 0.163 e. The second-order valence-corrected chi connectivity index (χ2v) is 6.43. The molecule has 1 fully saturated rings. The van der Waals surface area contributed by atoms with Crippen molar-refractivity contribution in [1.29, 1.82) is 0 Å². The molecule has 1 heterocycles. The molecule has 4 nitrogen and oxygen atoms in total. The molecule has 0 radical (unpaired) electrons. The third kappa shape index (κ3) is 2.31. The summed E-state index contributed by atoms with van der Waals surface area (Å²) < 4.78 is 10.7. The molecule has 1 aromatic carbocycles. The first-order valence-electron chi connectivity index (χ1n) is 7.36. The Bertz CT molecular complexity index is 657. The molecular formula is C17H18ClO4-. The van der Waals surface area contributed by atoms with Gasteiger partial charge in [0.1, 0.15) is 5.75 Å². The number of ether oxygens (including phenoxy) is 2. The zero-order valence-corrected chi connectivity index (χ0v) is 13.5. The summed E-state index contributed by atoms with van der Waals surface area (Å²) in [7, 11) is 1.52. The molecule has 0 saturated carbocycles. The molecule has 1 aliphatic heterocycles. The van der Waals surface area contributed by atoms with Gasteiger partial charge in [-0.2, -0.15) is 0 Å². The van der Waals surface area contributed by atoms with Crippen LogP contribution in [0, 0.1) is 12.3 Å². The van der Waals surface area contributed by atoms with Gasteiger partial charge >= 0.3 is 0 Å². The first-order chi connectivity index (χ1) is 10.5. The number of hydrogen-bond donors (Lipinski definition) is 0. The Kier molecular flexibility index (Phi) is 3.91. The number of ketones is 1. The van der Waals surface area contributed by atoms with Gasteiger partial charge in [0.25, 0.3) is 0 Å². The van der Waals surface area contributed by atoms with Crippen molar-refractivity contribution in [2.75, 3.05) is 20.3 Å². The molecule has 0 atom stereocenters. The fourth-order valence-corrected chi connectivity index (χ4v) is 3.76. The maximum absolute atomic E-state index is 13.0. The lowest BCUT2D eigenvalue weighted by Gasteiger charge is -2.38. The predicted molar refractivity (Wildman–Crippen MR) is 81.8 cm³/mol. The maximum atomic E-state index is 13.0. The Morgan fingerprint density at radius 2 is 2.00 bits per heavy atom. The van der Waals surface area contributed by atoms with Crippen molar-refractivity contribution < 1.29 is 19.4 Å². The lowest BCUT2D eigenvalue weighted by Crippen LogP contribution is -2.34. The number of halogens is 1. The lowest BCUT2D eigenvalue weighted by atomic mass is 9.78. The zero-order chi connectivity index (χ0) is 15.9. The van der Waals surface area contributed by atoms with E-state index in [9.17, 15) is 9.90 Å². The van der Waals surface area contributed by atoms with Gasteiger partial charge in [-0.1, -0.05) is 11.6 Å². The van der Waals surface area contributed by atoms with Crippen LogP contribution in [-0.4, -0.2) is 26.1 Å². The number of Topliss-reactive ketones (excluding diaryl/α,β-unsaturated/α-hetero) is 1. The Morgan fingerprint density at radius 3 is 2.64 bits per heavy atom. The molecule has 2 aliphatic rings. The number of carbonyl (C=O) groups excluding carboxylic acids is 1. The monoisotopic (exact) mass is 321 g/mol. The average molecular weight is 322 g/mol. The predicted octanol–water partition coefficient (Wildman–Crippen LogP) is 2.50. The molecule has 118 valence electrons. The van der Waals surface area contributed by atoms with E-state index in [0.717, 1.165) is 5.56 Å². The van der Waals surface area contributed by atoms with Gasteiger partial charge in [0, 0.05) is 30.8 Å². The number of carbonyl (C=O) groups is 1. The minimum atomic E-state index is -0.607. The minimum Gasteiger partial charge on any atom is -0.875 e. The van der Waals surface area contributed by atoms with E-state index in [1.54, 1.807) is 12.1 Å². The molecule has 5 heteroatoms. The molecule has 0 unspecified atom stereocenters. The summed E-state index contributed by atoms with van der Waals surface area (Å²) in [6.45, 7) is 2.93. The van der Waals surface area contributed by atoms with Crippen molar-refractivity contribution in [3.63, 3.8) is 0 Å². The summed E-state index contributed by atoms with van der Waals surface area (Å²) in [5.74, 6) is 0.228. The van der Waals surface area contributed by atoms with Gasteiger partial charge < -0.3 is 14.6 Å². The molecule has 1 aliphatic carbocycles. The van der Waals surface area contributed by atoms with Gasteiger partial charge in [-0.25, -0.2) is 0 Å². The van der Waals surface area contributed by atoms with Gasteiger partial charge in [-0.15, -0.1) is 5.76 Å². The maximum Gasteiger partial charge on any atom is 0.163 e. The molecule has 22 heavy (non-hydrogen) atoms. The van der Waals surface area contributed by atoms with Crippen LogP contribution in [0.1, 0.15) is 30.4 Å². The van der Waals surface area contributed by atoms with Gasteiger partial charge in [-0.3, -0.25) is 4.79 Å².